The number of aromatic nitrogens is 2. The van der Waals surface area contributed by atoms with Crippen molar-refractivity contribution in [2.24, 2.45) is 0 Å². The van der Waals surface area contributed by atoms with Crippen molar-refractivity contribution >= 4 is 11.6 Å². The molecule has 0 aliphatic rings. The van der Waals surface area contributed by atoms with E-state index in [4.69, 9.17) is 16.3 Å². The minimum atomic E-state index is 0.560. The molecule has 2 rings (SSSR count). The second kappa shape index (κ2) is 5.64. The average molecular weight is 249 g/mol. The summed E-state index contributed by atoms with van der Waals surface area (Å²) in [4.78, 5) is 0. The molecule has 0 atom stereocenters. The van der Waals surface area contributed by atoms with E-state index in [2.05, 4.69) is 10.2 Å². The monoisotopic (exact) mass is 248 g/mol. The third-order valence-electron chi connectivity index (χ3n) is 2.33. The highest BCUT2D eigenvalue weighted by molar-refractivity contribution is 6.30. The Hall–Kier alpha value is -1.61. The van der Waals surface area contributed by atoms with Crippen LogP contribution in [0.5, 0.6) is 5.88 Å². The maximum atomic E-state index is 5.81. The summed E-state index contributed by atoms with van der Waals surface area (Å²) in [6, 6.07) is 11.4. The normalized spacial score (nSPS) is 10.2. The van der Waals surface area contributed by atoms with Crippen LogP contribution in [0.2, 0.25) is 5.02 Å². The minimum absolute atomic E-state index is 0.560. The molecular weight excluding hydrogens is 236 g/mol. The van der Waals surface area contributed by atoms with Gasteiger partial charge in [-0.1, -0.05) is 23.7 Å². The molecule has 1 aromatic carbocycles. The Labute approximate surface area is 105 Å². The quantitative estimate of drug-likeness (QED) is 0.834. The summed E-state index contributed by atoms with van der Waals surface area (Å²) in [5, 5.41) is 8.60. The first-order valence-corrected chi connectivity index (χ1v) is 5.79. The standard InChI is InChI=1S/C13H13ClN2O/c1-10-2-7-13(16-15-10)17-9-8-11-3-5-12(14)6-4-11/h2-7H,8-9H2,1H3. The van der Waals surface area contributed by atoms with Gasteiger partial charge in [0.15, 0.2) is 0 Å². The second-order valence-electron chi connectivity index (χ2n) is 3.74. The van der Waals surface area contributed by atoms with E-state index in [0.29, 0.717) is 12.5 Å². The average Bonchev–Trinajstić information content (AvgIpc) is 2.34. The molecule has 0 spiro atoms. The molecule has 3 nitrogen and oxygen atoms in total. The SMILES string of the molecule is Cc1ccc(OCCc2ccc(Cl)cc2)nn1. The fourth-order valence-electron chi connectivity index (χ4n) is 1.39. The van der Waals surface area contributed by atoms with Crippen LogP contribution in [-0.4, -0.2) is 16.8 Å². The first kappa shape index (κ1) is 11.9. The van der Waals surface area contributed by atoms with Crippen molar-refractivity contribution < 1.29 is 4.74 Å². The highest BCUT2D eigenvalue weighted by Gasteiger charge is 1.97. The lowest BCUT2D eigenvalue weighted by molar-refractivity contribution is 0.305. The van der Waals surface area contributed by atoms with Gasteiger partial charge in [-0.2, -0.15) is 5.10 Å². The van der Waals surface area contributed by atoms with Gasteiger partial charge in [0.25, 0.3) is 0 Å². The maximum Gasteiger partial charge on any atom is 0.233 e. The Morgan fingerprint density at radius 3 is 2.47 bits per heavy atom. The molecule has 17 heavy (non-hydrogen) atoms. The van der Waals surface area contributed by atoms with Gasteiger partial charge in [-0.25, -0.2) is 0 Å². The molecule has 0 N–H and O–H groups in total. The molecule has 0 fully saturated rings. The van der Waals surface area contributed by atoms with Crippen LogP contribution in [0.3, 0.4) is 0 Å². The van der Waals surface area contributed by atoms with Crippen LogP contribution in [0.25, 0.3) is 0 Å². The van der Waals surface area contributed by atoms with Crippen molar-refractivity contribution in [1.82, 2.24) is 10.2 Å². The summed E-state index contributed by atoms with van der Waals surface area (Å²) in [5.41, 5.74) is 2.07. The van der Waals surface area contributed by atoms with E-state index in [1.54, 1.807) is 0 Å². The fourth-order valence-corrected chi connectivity index (χ4v) is 1.51. The van der Waals surface area contributed by atoms with Gasteiger partial charge >= 0.3 is 0 Å². The van der Waals surface area contributed by atoms with Gasteiger partial charge in [0.2, 0.25) is 5.88 Å². The number of rotatable bonds is 4. The van der Waals surface area contributed by atoms with Crippen LogP contribution in [0.4, 0.5) is 0 Å². The van der Waals surface area contributed by atoms with Gasteiger partial charge in [-0.05, 0) is 30.7 Å². The molecule has 1 heterocycles. The molecule has 0 aliphatic heterocycles. The molecule has 0 unspecified atom stereocenters. The maximum absolute atomic E-state index is 5.81. The van der Waals surface area contributed by atoms with Crippen molar-refractivity contribution in [2.45, 2.75) is 13.3 Å². The van der Waals surface area contributed by atoms with Crippen LogP contribution >= 0.6 is 11.6 Å². The molecule has 0 amide bonds. The number of benzene rings is 1. The molecule has 0 saturated heterocycles. The van der Waals surface area contributed by atoms with Crippen molar-refractivity contribution in [3.8, 4) is 5.88 Å². The van der Waals surface area contributed by atoms with Crippen molar-refractivity contribution in [2.75, 3.05) is 6.61 Å². The molecule has 0 bridgehead atoms. The van der Waals surface area contributed by atoms with E-state index in [9.17, 15) is 0 Å². The third kappa shape index (κ3) is 3.71. The number of aryl methyl sites for hydroxylation is 1. The summed E-state index contributed by atoms with van der Waals surface area (Å²) >= 11 is 5.81. The van der Waals surface area contributed by atoms with E-state index in [0.717, 1.165) is 17.1 Å². The predicted octanol–water partition coefficient (Wildman–Crippen LogP) is 3.06. The molecule has 2 aromatic rings. The first-order chi connectivity index (χ1) is 8.24. The van der Waals surface area contributed by atoms with Gasteiger partial charge in [0.1, 0.15) is 0 Å². The van der Waals surface area contributed by atoms with E-state index in [-0.39, 0.29) is 0 Å². The van der Waals surface area contributed by atoms with Crippen LogP contribution in [0.15, 0.2) is 36.4 Å². The van der Waals surface area contributed by atoms with Gasteiger partial charge < -0.3 is 4.74 Å². The smallest absolute Gasteiger partial charge is 0.233 e. The second-order valence-corrected chi connectivity index (χ2v) is 4.17. The summed E-state index contributed by atoms with van der Waals surface area (Å²) in [6.45, 7) is 2.48. The zero-order chi connectivity index (χ0) is 12.1. The lowest BCUT2D eigenvalue weighted by atomic mass is 10.2. The minimum Gasteiger partial charge on any atom is -0.476 e. The Morgan fingerprint density at radius 2 is 1.82 bits per heavy atom. The van der Waals surface area contributed by atoms with Gasteiger partial charge in [-0.3, -0.25) is 0 Å². The molecule has 0 radical (unpaired) electrons. The number of hydrogen-bond acceptors (Lipinski definition) is 3. The lowest BCUT2D eigenvalue weighted by Crippen LogP contribution is -2.03. The van der Waals surface area contributed by atoms with Gasteiger partial charge in [-0.15, -0.1) is 5.10 Å². The van der Waals surface area contributed by atoms with E-state index < -0.39 is 0 Å². The van der Waals surface area contributed by atoms with Gasteiger partial charge in [0.05, 0.1) is 12.3 Å². The van der Waals surface area contributed by atoms with E-state index in [1.807, 2.05) is 43.3 Å². The number of hydrogen-bond donors (Lipinski definition) is 0. The van der Waals surface area contributed by atoms with Crippen LogP contribution in [0, 0.1) is 6.92 Å². The van der Waals surface area contributed by atoms with Crippen LogP contribution in [-0.2, 0) is 6.42 Å². The highest BCUT2D eigenvalue weighted by atomic mass is 35.5. The predicted molar refractivity (Wildman–Crippen MR) is 67.4 cm³/mol. The number of ether oxygens (including phenoxy) is 1. The Kier molecular flexibility index (Phi) is 3.94. The zero-order valence-corrected chi connectivity index (χ0v) is 10.3. The topological polar surface area (TPSA) is 35.0 Å². The van der Waals surface area contributed by atoms with E-state index in [1.165, 1.54) is 5.56 Å². The van der Waals surface area contributed by atoms with Crippen molar-refractivity contribution in [3.63, 3.8) is 0 Å². The van der Waals surface area contributed by atoms with Crippen molar-refractivity contribution in [1.29, 1.82) is 0 Å². The Morgan fingerprint density at radius 1 is 1.06 bits per heavy atom. The summed E-state index contributed by atoms with van der Waals surface area (Å²) < 4.78 is 5.49. The molecule has 4 heteroatoms. The first-order valence-electron chi connectivity index (χ1n) is 5.41. The molecule has 0 aliphatic carbocycles. The highest BCUT2D eigenvalue weighted by Crippen LogP contribution is 2.10. The van der Waals surface area contributed by atoms with E-state index >= 15 is 0 Å². The number of nitrogens with zero attached hydrogens (tertiary/aromatic N) is 2. The largest absolute Gasteiger partial charge is 0.476 e. The fraction of sp³-hybridized carbons (Fsp3) is 0.231. The Bertz CT molecular complexity index is 422. The third-order valence-corrected chi connectivity index (χ3v) is 2.58. The molecule has 0 saturated carbocycles. The van der Waals surface area contributed by atoms with Gasteiger partial charge in [0, 0.05) is 17.5 Å². The summed E-state index contributed by atoms with van der Waals surface area (Å²) in [6.07, 6.45) is 0.826. The van der Waals surface area contributed by atoms with Crippen molar-refractivity contribution in [3.05, 3.63) is 52.7 Å². The molecular formula is C13H13ClN2O. The Balaban J connectivity index is 1.83. The molecule has 1 aromatic heterocycles. The van der Waals surface area contributed by atoms with Crippen LogP contribution < -0.4 is 4.74 Å². The zero-order valence-electron chi connectivity index (χ0n) is 9.56. The molecule has 88 valence electrons. The summed E-state index contributed by atoms with van der Waals surface area (Å²) in [7, 11) is 0. The lowest BCUT2D eigenvalue weighted by Gasteiger charge is -2.04. The van der Waals surface area contributed by atoms with Crippen LogP contribution in [0.1, 0.15) is 11.3 Å². The summed E-state index contributed by atoms with van der Waals surface area (Å²) in [5.74, 6) is 0.560. The number of halogens is 1.